The van der Waals surface area contributed by atoms with Crippen LogP contribution in [0, 0.1) is 11.3 Å². The van der Waals surface area contributed by atoms with Gasteiger partial charge in [-0.25, -0.2) is 0 Å². The number of carbonyl (C=O) groups excluding carboxylic acids is 1. The molecule has 1 aromatic carbocycles. The molecule has 0 saturated carbocycles. The number of carbonyl (C=O) groups is 1. The van der Waals surface area contributed by atoms with E-state index in [0.717, 1.165) is 43.5 Å². The maximum Gasteiger partial charge on any atom is 0.220 e. The standard InChI is InChI=1S/C12H13NO.C4H7NO/c1-12(2)6-5-10-7-9(8-13)3-4-11(10)14-12;6-4-2-1-3-5-4/h3-4,7H,5-6H2,1-2H3;1-3H2,(H,5,6). The molecule has 1 N–H and O–H groups in total. The zero-order chi connectivity index (χ0) is 14.6. The average Bonchev–Trinajstić information content (AvgIpc) is 2.89. The molecule has 4 nitrogen and oxygen atoms in total. The first-order chi connectivity index (χ1) is 9.50. The van der Waals surface area contributed by atoms with Gasteiger partial charge in [-0.1, -0.05) is 0 Å². The summed E-state index contributed by atoms with van der Waals surface area (Å²) in [7, 11) is 0. The van der Waals surface area contributed by atoms with Crippen LogP contribution in [0.15, 0.2) is 18.2 Å². The molecule has 0 unspecified atom stereocenters. The minimum Gasteiger partial charge on any atom is -0.488 e. The van der Waals surface area contributed by atoms with Crippen LogP contribution < -0.4 is 10.1 Å². The lowest BCUT2D eigenvalue weighted by Gasteiger charge is -2.32. The Morgan fingerprint density at radius 2 is 2.15 bits per heavy atom. The minimum atomic E-state index is -0.0683. The van der Waals surface area contributed by atoms with Gasteiger partial charge in [-0.15, -0.1) is 0 Å². The SMILES string of the molecule is CC1(C)CCc2cc(C#N)ccc2O1.O=C1CCCN1. The van der Waals surface area contributed by atoms with Crippen molar-refractivity contribution in [2.24, 2.45) is 0 Å². The smallest absolute Gasteiger partial charge is 0.220 e. The molecular formula is C16H20N2O2. The molecule has 0 bridgehead atoms. The molecule has 0 aliphatic carbocycles. The Morgan fingerprint density at radius 3 is 2.70 bits per heavy atom. The molecule has 1 fully saturated rings. The topological polar surface area (TPSA) is 62.1 Å². The molecule has 20 heavy (non-hydrogen) atoms. The molecule has 3 rings (SSSR count). The number of fused-ring (bicyclic) bond motifs is 1. The summed E-state index contributed by atoms with van der Waals surface area (Å²) in [5, 5.41) is 11.4. The molecule has 2 aliphatic rings. The molecular weight excluding hydrogens is 252 g/mol. The second-order valence-corrected chi connectivity index (χ2v) is 5.75. The highest BCUT2D eigenvalue weighted by atomic mass is 16.5. The Hall–Kier alpha value is -2.02. The van der Waals surface area contributed by atoms with Gasteiger partial charge in [-0.05, 0) is 56.9 Å². The maximum atomic E-state index is 10.1. The summed E-state index contributed by atoms with van der Waals surface area (Å²) in [6, 6.07) is 7.77. The van der Waals surface area contributed by atoms with Crippen molar-refractivity contribution in [3.63, 3.8) is 0 Å². The third kappa shape index (κ3) is 3.74. The zero-order valence-electron chi connectivity index (χ0n) is 12.0. The molecule has 2 heterocycles. The van der Waals surface area contributed by atoms with E-state index in [2.05, 4.69) is 25.2 Å². The first kappa shape index (κ1) is 14.4. The van der Waals surface area contributed by atoms with Gasteiger partial charge < -0.3 is 10.1 Å². The monoisotopic (exact) mass is 272 g/mol. The second kappa shape index (κ2) is 5.96. The Kier molecular flexibility index (Phi) is 4.29. The molecule has 1 amide bonds. The van der Waals surface area contributed by atoms with Crippen molar-refractivity contribution in [3.8, 4) is 11.8 Å². The molecule has 106 valence electrons. The van der Waals surface area contributed by atoms with Crippen LogP contribution in [0.1, 0.15) is 44.2 Å². The van der Waals surface area contributed by atoms with E-state index in [1.807, 2.05) is 12.1 Å². The number of benzene rings is 1. The first-order valence-electron chi connectivity index (χ1n) is 6.99. The van der Waals surface area contributed by atoms with Crippen LogP contribution >= 0.6 is 0 Å². The number of ether oxygens (including phenoxy) is 1. The van der Waals surface area contributed by atoms with Crippen LogP contribution in [0.5, 0.6) is 5.75 Å². The van der Waals surface area contributed by atoms with E-state index in [9.17, 15) is 4.79 Å². The zero-order valence-corrected chi connectivity index (χ0v) is 12.0. The van der Waals surface area contributed by atoms with Gasteiger partial charge in [0.2, 0.25) is 5.91 Å². The molecule has 2 aliphatic heterocycles. The summed E-state index contributed by atoms with van der Waals surface area (Å²) in [5.41, 5.74) is 1.80. The molecule has 0 spiro atoms. The molecule has 0 radical (unpaired) electrons. The first-order valence-corrected chi connectivity index (χ1v) is 6.99. The average molecular weight is 272 g/mol. The number of hydrogen-bond acceptors (Lipinski definition) is 3. The van der Waals surface area contributed by atoms with Crippen LogP contribution in [0.2, 0.25) is 0 Å². The summed E-state index contributed by atoms with van der Waals surface area (Å²) < 4.78 is 5.81. The Balaban J connectivity index is 0.000000205. The number of hydrogen-bond donors (Lipinski definition) is 1. The minimum absolute atomic E-state index is 0.0683. The number of nitrogens with one attached hydrogen (secondary N) is 1. The van der Waals surface area contributed by atoms with Gasteiger partial charge in [-0.3, -0.25) is 4.79 Å². The van der Waals surface area contributed by atoms with Crippen LogP contribution in [0.25, 0.3) is 0 Å². The molecule has 1 saturated heterocycles. The van der Waals surface area contributed by atoms with Gasteiger partial charge in [0.05, 0.1) is 11.6 Å². The fourth-order valence-electron chi connectivity index (χ4n) is 2.29. The van der Waals surface area contributed by atoms with Crippen LogP contribution in [0.3, 0.4) is 0 Å². The third-order valence-electron chi connectivity index (χ3n) is 3.48. The van der Waals surface area contributed by atoms with E-state index < -0.39 is 0 Å². The van der Waals surface area contributed by atoms with E-state index in [0.29, 0.717) is 5.56 Å². The number of aryl methyl sites for hydroxylation is 1. The highest BCUT2D eigenvalue weighted by Gasteiger charge is 2.26. The lowest BCUT2D eigenvalue weighted by atomic mass is 9.93. The van der Waals surface area contributed by atoms with Crippen molar-refractivity contribution in [1.82, 2.24) is 5.32 Å². The van der Waals surface area contributed by atoms with Crippen LogP contribution in [-0.4, -0.2) is 18.1 Å². The summed E-state index contributed by atoms with van der Waals surface area (Å²) in [6.07, 6.45) is 3.77. The normalized spacial score (nSPS) is 18.8. The third-order valence-corrected chi connectivity index (χ3v) is 3.48. The highest BCUT2D eigenvalue weighted by Crippen LogP contribution is 2.33. The Labute approximate surface area is 119 Å². The van der Waals surface area contributed by atoms with Gasteiger partial charge in [-0.2, -0.15) is 5.26 Å². The van der Waals surface area contributed by atoms with Crippen molar-refractivity contribution >= 4 is 5.91 Å². The van der Waals surface area contributed by atoms with Crippen molar-refractivity contribution in [1.29, 1.82) is 5.26 Å². The lowest BCUT2D eigenvalue weighted by Crippen LogP contribution is -2.32. The maximum absolute atomic E-state index is 10.1. The van der Waals surface area contributed by atoms with Crippen molar-refractivity contribution in [3.05, 3.63) is 29.3 Å². The predicted molar refractivity (Wildman–Crippen MR) is 76.4 cm³/mol. The summed E-state index contributed by atoms with van der Waals surface area (Å²) >= 11 is 0. The number of amides is 1. The number of nitriles is 1. The van der Waals surface area contributed by atoms with E-state index in [4.69, 9.17) is 10.00 Å². The van der Waals surface area contributed by atoms with Crippen LogP contribution in [0.4, 0.5) is 0 Å². The largest absolute Gasteiger partial charge is 0.488 e. The van der Waals surface area contributed by atoms with Gasteiger partial charge in [0.25, 0.3) is 0 Å². The lowest BCUT2D eigenvalue weighted by molar-refractivity contribution is -0.119. The molecule has 1 aromatic rings. The highest BCUT2D eigenvalue weighted by molar-refractivity contribution is 5.77. The molecule has 0 aromatic heterocycles. The van der Waals surface area contributed by atoms with E-state index in [-0.39, 0.29) is 11.5 Å². The summed E-state index contributed by atoms with van der Waals surface area (Å²) in [4.78, 5) is 10.1. The summed E-state index contributed by atoms with van der Waals surface area (Å²) in [5.74, 6) is 1.13. The Morgan fingerprint density at radius 1 is 1.35 bits per heavy atom. The van der Waals surface area contributed by atoms with Gasteiger partial charge in [0.15, 0.2) is 0 Å². The second-order valence-electron chi connectivity index (χ2n) is 5.75. The predicted octanol–water partition coefficient (Wildman–Crippen LogP) is 2.56. The molecule has 0 atom stereocenters. The van der Waals surface area contributed by atoms with Crippen LogP contribution in [-0.2, 0) is 11.2 Å². The number of nitrogens with zero attached hydrogens (tertiary/aromatic N) is 1. The summed E-state index contributed by atoms with van der Waals surface area (Å²) in [6.45, 7) is 5.07. The van der Waals surface area contributed by atoms with Crippen molar-refractivity contribution in [2.75, 3.05) is 6.54 Å². The number of rotatable bonds is 0. The van der Waals surface area contributed by atoms with Gasteiger partial charge in [0.1, 0.15) is 11.4 Å². The van der Waals surface area contributed by atoms with Gasteiger partial charge in [0, 0.05) is 13.0 Å². The van der Waals surface area contributed by atoms with E-state index >= 15 is 0 Å². The van der Waals surface area contributed by atoms with Crippen molar-refractivity contribution in [2.45, 2.75) is 45.1 Å². The Bertz CT molecular complexity index is 536. The molecule has 4 heteroatoms. The van der Waals surface area contributed by atoms with E-state index in [1.165, 1.54) is 0 Å². The quantitative estimate of drug-likeness (QED) is 0.789. The fraction of sp³-hybridized carbons (Fsp3) is 0.500. The van der Waals surface area contributed by atoms with Gasteiger partial charge >= 0.3 is 0 Å². The van der Waals surface area contributed by atoms with Crippen molar-refractivity contribution < 1.29 is 9.53 Å². The fourth-order valence-corrected chi connectivity index (χ4v) is 2.29. The van der Waals surface area contributed by atoms with E-state index in [1.54, 1.807) is 6.07 Å².